The first-order chi connectivity index (χ1) is 8.89. The molecule has 0 saturated carbocycles. The molecule has 0 bridgehead atoms. The summed E-state index contributed by atoms with van der Waals surface area (Å²) in [5.74, 6) is 0. The van der Waals surface area contributed by atoms with Gasteiger partial charge in [-0.15, -0.1) is 0 Å². The van der Waals surface area contributed by atoms with E-state index in [2.05, 4.69) is 0 Å². The minimum absolute atomic E-state index is 0.0241. The minimum atomic E-state index is -3.95. The fraction of sp³-hybridized carbons (Fsp3) is 1.00. The van der Waals surface area contributed by atoms with Gasteiger partial charge in [-0.05, 0) is 6.42 Å². The van der Waals surface area contributed by atoms with E-state index >= 15 is 0 Å². The summed E-state index contributed by atoms with van der Waals surface area (Å²) in [7, 11) is 3.27. The van der Waals surface area contributed by atoms with Gasteiger partial charge in [-0.1, -0.05) is 0 Å². The molecular formula is C10H19BO7P-. The first-order valence-electron chi connectivity index (χ1n) is 5.98. The molecule has 0 aromatic carbocycles. The van der Waals surface area contributed by atoms with E-state index in [9.17, 15) is 9.46 Å². The van der Waals surface area contributed by atoms with Crippen LogP contribution >= 0.6 is 7.60 Å². The Balaban J connectivity index is 2.70. The lowest BCUT2D eigenvalue weighted by molar-refractivity contribution is -0.205. The highest BCUT2D eigenvalue weighted by Crippen LogP contribution is 2.39. The highest BCUT2D eigenvalue weighted by atomic mass is 31.2. The summed E-state index contributed by atoms with van der Waals surface area (Å²) in [4.78, 5) is 11.3. The maximum Gasteiger partial charge on any atom is 0.132 e. The lowest BCUT2D eigenvalue weighted by atomic mass is 9.93. The molecule has 0 spiro atoms. The van der Waals surface area contributed by atoms with Crippen LogP contribution in [-0.2, 0) is 23.3 Å². The zero-order valence-electron chi connectivity index (χ0n) is 11.1. The molecular weight excluding hydrogens is 274 g/mol. The van der Waals surface area contributed by atoms with Crippen molar-refractivity contribution in [2.24, 2.45) is 0 Å². The zero-order valence-corrected chi connectivity index (χ0v) is 12.0. The molecule has 0 amide bonds. The Morgan fingerprint density at radius 2 is 2.16 bits per heavy atom. The Kier molecular flexibility index (Phi) is 6.97. The van der Waals surface area contributed by atoms with Crippen molar-refractivity contribution < 1.29 is 33.3 Å². The van der Waals surface area contributed by atoms with Crippen molar-refractivity contribution in [2.75, 3.05) is 33.6 Å². The summed E-state index contributed by atoms with van der Waals surface area (Å²) in [6, 6.07) is -0.796. The third-order valence-electron chi connectivity index (χ3n) is 2.60. The molecule has 9 heteroatoms. The van der Waals surface area contributed by atoms with Gasteiger partial charge < -0.3 is 33.3 Å². The van der Waals surface area contributed by atoms with Gasteiger partial charge in [-0.3, -0.25) is 0 Å². The average Bonchev–Trinajstić information content (AvgIpc) is 2.56. The molecule has 0 aromatic rings. The lowest BCUT2D eigenvalue weighted by Gasteiger charge is -2.29. The van der Waals surface area contributed by atoms with Crippen LogP contribution in [0.2, 0.25) is 0 Å². The molecule has 1 aliphatic rings. The van der Waals surface area contributed by atoms with Gasteiger partial charge in [0.2, 0.25) is 0 Å². The van der Waals surface area contributed by atoms with E-state index in [1.54, 1.807) is 0 Å². The highest BCUT2D eigenvalue weighted by molar-refractivity contribution is 7.50. The van der Waals surface area contributed by atoms with E-state index in [1.165, 1.54) is 7.11 Å². The molecule has 1 heterocycles. The average molecular weight is 293 g/mol. The number of methoxy groups -OCH3 is 1. The van der Waals surface area contributed by atoms with E-state index in [-0.39, 0.29) is 19.8 Å². The zero-order chi connectivity index (χ0) is 14.5. The molecule has 0 aliphatic carbocycles. The summed E-state index contributed by atoms with van der Waals surface area (Å²) < 4.78 is 32.1. The predicted molar refractivity (Wildman–Crippen MR) is 66.1 cm³/mol. The minimum Gasteiger partial charge on any atom is -0.779 e. The van der Waals surface area contributed by atoms with Gasteiger partial charge >= 0.3 is 0 Å². The molecule has 2 radical (unpaired) electrons. The van der Waals surface area contributed by atoms with Crippen LogP contribution in [0.25, 0.3) is 0 Å². The van der Waals surface area contributed by atoms with Crippen molar-refractivity contribution in [1.29, 1.82) is 0 Å². The van der Waals surface area contributed by atoms with Gasteiger partial charge in [0.25, 0.3) is 0 Å². The number of aliphatic hydroxyl groups excluding tert-OH is 1. The van der Waals surface area contributed by atoms with Crippen LogP contribution in [0.5, 0.6) is 0 Å². The Morgan fingerprint density at radius 3 is 2.68 bits per heavy atom. The maximum atomic E-state index is 11.3. The number of aliphatic hydroxyl groups is 1. The number of hydrogen-bond acceptors (Lipinski definition) is 7. The third kappa shape index (κ3) is 5.51. The van der Waals surface area contributed by atoms with Gasteiger partial charge in [0, 0.05) is 33.0 Å². The van der Waals surface area contributed by atoms with Gasteiger partial charge in [0.15, 0.2) is 0 Å². The first-order valence-corrected chi connectivity index (χ1v) is 7.97. The monoisotopic (exact) mass is 293 g/mol. The van der Waals surface area contributed by atoms with Crippen molar-refractivity contribution in [3.63, 3.8) is 0 Å². The summed E-state index contributed by atoms with van der Waals surface area (Å²) in [5, 5.41) is 8.71. The SMILES string of the molecule is [B][C@@H]1O[C@H](COC)[C@@H](OP(C)(=O)[O-])[C@H]1OCCCO. The Hall–Kier alpha value is 0.0549. The molecule has 1 rings (SSSR count). The molecule has 7 nitrogen and oxygen atoms in total. The van der Waals surface area contributed by atoms with E-state index in [0.29, 0.717) is 6.42 Å². The third-order valence-corrected chi connectivity index (χ3v) is 3.23. The fourth-order valence-corrected chi connectivity index (χ4v) is 2.57. The smallest absolute Gasteiger partial charge is 0.132 e. The summed E-state index contributed by atoms with van der Waals surface area (Å²) in [6.07, 6.45) is -1.75. The molecule has 1 saturated heterocycles. The van der Waals surface area contributed by atoms with Crippen molar-refractivity contribution >= 4 is 15.4 Å². The Bertz CT molecular complexity index is 310. The quantitative estimate of drug-likeness (QED) is 0.343. The summed E-state index contributed by atoms with van der Waals surface area (Å²) in [6.45, 7) is 1.35. The van der Waals surface area contributed by atoms with E-state index in [4.69, 9.17) is 31.7 Å². The number of rotatable bonds is 8. The van der Waals surface area contributed by atoms with Crippen LogP contribution < -0.4 is 4.89 Å². The Morgan fingerprint density at radius 1 is 1.47 bits per heavy atom. The van der Waals surface area contributed by atoms with Crippen LogP contribution in [0.4, 0.5) is 0 Å². The maximum absolute atomic E-state index is 11.3. The topological polar surface area (TPSA) is 97.3 Å². The van der Waals surface area contributed by atoms with Crippen LogP contribution in [0.3, 0.4) is 0 Å². The molecule has 5 atom stereocenters. The fourth-order valence-electron chi connectivity index (χ4n) is 1.88. The largest absolute Gasteiger partial charge is 0.779 e. The summed E-state index contributed by atoms with van der Waals surface area (Å²) >= 11 is 0. The highest BCUT2D eigenvalue weighted by Gasteiger charge is 2.44. The predicted octanol–water partition coefficient (Wildman–Crippen LogP) is -1.14. The molecule has 1 N–H and O–H groups in total. The van der Waals surface area contributed by atoms with Crippen molar-refractivity contribution in [3.8, 4) is 0 Å². The Labute approximate surface area is 114 Å². The van der Waals surface area contributed by atoms with Gasteiger partial charge in [-0.2, -0.15) is 0 Å². The number of hydrogen-bond donors (Lipinski definition) is 1. The van der Waals surface area contributed by atoms with E-state index in [0.717, 1.165) is 6.66 Å². The van der Waals surface area contributed by atoms with Gasteiger partial charge in [0.05, 0.1) is 6.61 Å². The lowest BCUT2D eigenvalue weighted by Crippen LogP contribution is -2.39. The second kappa shape index (κ2) is 7.74. The standard InChI is InChI=1S/C10H20BO7P/c1-15-6-7-8(18-19(2,13)14)9(10(11)17-7)16-5-3-4-12/h7-10,12H,3-6H2,1-2H3,(H,13,14)/p-1/t7-,8-,9-,10-/m1/s1. The first kappa shape index (κ1) is 17.1. The van der Waals surface area contributed by atoms with Gasteiger partial charge in [-0.25, -0.2) is 0 Å². The van der Waals surface area contributed by atoms with Crippen LogP contribution in [0, 0.1) is 0 Å². The van der Waals surface area contributed by atoms with Crippen LogP contribution in [0.1, 0.15) is 6.42 Å². The van der Waals surface area contributed by atoms with Crippen LogP contribution in [-0.4, -0.2) is 70.9 Å². The second-order valence-corrected chi connectivity index (χ2v) is 6.10. The van der Waals surface area contributed by atoms with E-state index < -0.39 is 31.9 Å². The van der Waals surface area contributed by atoms with Crippen LogP contribution in [0.15, 0.2) is 0 Å². The molecule has 1 fully saturated rings. The molecule has 110 valence electrons. The van der Waals surface area contributed by atoms with Gasteiger partial charge in [0.1, 0.15) is 33.8 Å². The van der Waals surface area contributed by atoms with Crippen molar-refractivity contribution in [2.45, 2.75) is 30.7 Å². The molecule has 0 aromatic heterocycles. The molecule has 1 unspecified atom stereocenters. The molecule has 19 heavy (non-hydrogen) atoms. The number of ether oxygens (including phenoxy) is 3. The molecule has 1 aliphatic heterocycles. The van der Waals surface area contributed by atoms with E-state index in [1.807, 2.05) is 0 Å². The van der Waals surface area contributed by atoms with Crippen molar-refractivity contribution in [1.82, 2.24) is 0 Å². The second-order valence-electron chi connectivity index (χ2n) is 4.35. The van der Waals surface area contributed by atoms with Crippen molar-refractivity contribution in [3.05, 3.63) is 0 Å². The summed E-state index contributed by atoms with van der Waals surface area (Å²) in [5.41, 5.74) is 0. The normalized spacial score (nSPS) is 34.3.